The lowest BCUT2D eigenvalue weighted by atomic mass is 9.91. The van der Waals surface area contributed by atoms with Crippen LogP contribution in [0.2, 0.25) is 5.02 Å². The highest BCUT2D eigenvalue weighted by Gasteiger charge is 2.27. The summed E-state index contributed by atoms with van der Waals surface area (Å²) in [5.74, 6) is 0.460. The number of halogens is 1. The SMILES string of the molecule is NC(c1ccccc1Cl)C1Cc2ccccc2C1. The zero-order chi connectivity index (χ0) is 12.5. The van der Waals surface area contributed by atoms with Gasteiger partial charge < -0.3 is 5.73 Å². The van der Waals surface area contributed by atoms with E-state index in [0.717, 1.165) is 23.4 Å². The minimum absolute atomic E-state index is 0.0195. The first-order valence-electron chi connectivity index (χ1n) is 6.32. The largest absolute Gasteiger partial charge is 0.324 e. The number of hydrogen-bond acceptors (Lipinski definition) is 1. The summed E-state index contributed by atoms with van der Waals surface area (Å²) in [6.45, 7) is 0. The predicted molar refractivity (Wildman–Crippen MR) is 75.7 cm³/mol. The fraction of sp³-hybridized carbons (Fsp3) is 0.250. The van der Waals surface area contributed by atoms with Crippen LogP contribution >= 0.6 is 11.6 Å². The highest BCUT2D eigenvalue weighted by Crippen LogP contribution is 2.35. The monoisotopic (exact) mass is 257 g/mol. The van der Waals surface area contributed by atoms with E-state index in [1.165, 1.54) is 11.1 Å². The molecule has 2 heteroatoms. The standard InChI is InChI=1S/C16H16ClN/c17-15-8-4-3-7-14(15)16(18)13-9-11-5-1-2-6-12(11)10-13/h1-8,13,16H,9-10,18H2. The van der Waals surface area contributed by atoms with Crippen LogP contribution in [-0.2, 0) is 12.8 Å². The Bertz CT molecular complexity index is 540. The Morgan fingerprint density at radius 3 is 2.11 bits per heavy atom. The molecule has 0 amide bonds. The normalized spacial score (nSPS) is 16.6. The summed E-state index contributed by atoms with van der Waals surface area (Å²) in [4.78, 5) is 0. The third kappa shape index (κ3) is 2.05. The summed E-state index contributed by atoms with van der Waals surface area (Å²) in [5.41, 5.74) is 10.3. The molecule has 18 heavy (non-hydrogen) atoms. The van der Waals surface area contributed by atoms with Crippen LogP contribution in [0.4, 0.5) is 0 Å². The molecule has 0 radical (unpaired) electrons. The van der Waals surface area contributed by atoms with Crippen molar-refractivity contribution in [3.63, 3.8) is 0 Å². The van der Waals surface area contributed by atoms with Gasteiger partial charge in [0.2, 0.25) is 0 Å². The lowest BCUT2D eigenvalue weighted by molar-refractivity contribution is 0.454. The molecule has 0 heterocycles. The van der Waals surface area contributed by atoms with Crippen LogP contribution in [0, 0.1) is 5.92 Å². The van der Waals surface area contributed by atoms with Gasteiger partial charge in [-0.15, -0.1) is 0 Å². The zero-order valence-electron chi connectivity index (χ0n) is 10.1. The number of benzene rings is 2. The van der Waals surface area contributed by atoms with Gasteiger partial charge in [-0.05, 0) is 41.5 Å². The molecule has 92 valence electrons. The number of fused-ring (bicyclic) bond motifs is 1. The second-order valence-corrected chi connectivity index (χ2v) is 5.39. The first-order chi connectivity index (χ1) is 8.75. The fourth-order valence-corrected chi connectivity index (χ4v) is 3.11. The molecule has 0 spiro atoms. The minimum Gasteiger partial charge on any atom is -0.324 e. The lowest BCUT2D eigenvalue weighted by Crippen LogP contribution is -2.22. The van der Waals surface area contributed by atoms with Gasteiger partial charge in [0.05, 0.1) is 0 Å². The number of rotatable bonds is 2. The van der Waals surface area contributed by atoms with Gasteiger partial charge in [0.25, 0.3) is 0 Å². The smallest absolute Gasteiger partial charge is 0.0453 e. The average Bonchev–Trinajstić information content (AvgIpc) is 2.82. The van der Waals surface area contributed by atoms with Crippen LogP contribution in [0.5, 0.6) is 0 Å². The van der Waals surface area contributed by atoms with Gasteiger partial charge in [-0.3, -0.25) is 0 Å². The molecule has 1 aliphatic rings. The minimum atomic E-state index is 0.0195. The molecule has 0 fully saturated rings. The van der Waals surface area contributed by atoms with Gasteiger partial charge in [-0.25, -0.2) is 0 Å². The van der Waals surface area contributed by atoms with Crippen molar-refractivity contribution in [2.24, 2.45) is 11.7 Å². The van der Waals surface area contributed by atoms with Gasteiger partial charge in [0, 0.05) is 11.1 Å². The van der Waals surface area contributed by atoms with Crippen LogP contribution < -0.4 is 5.73 Å². The molecule has 1 unspecified atom stereocenters. The van der Waals surface area contributed by atoms with Gasteiger partial charge in [-0.2, -0.15) is 0 Å². The highest BCUT2D eigenvalue weighted by molar-refractivity contribution is 6.31. The predicted octanol–water partition coefficient (Wildman–Crippen LogP) is 3.75. The van der Waals surface area contributed by atoms with Crippen molar-refractivity contribution in [2.45, 2.75) is 18.9 Å². The molecule has 3 rings (SSSR count). The van der Waals surface area contributed by atoms with Crippen LogP contribution in [0.1, 0.15) is 22.7 Å². The molecule has 0 saturated carbocycles. The molecule has 0 saturated heterocycles. The number of hydrogen-bond donors (Lipinski definition) is 1. The van der Waals surface area contributed by atoms with Gasteiger partial charge in [-0.1, -0.05) is 54.1 Å². The van der Waals surface area contributed by atoms with Crippen molar-refractivity contribution in [3.8, 4) is 0 Å². The molecule has 1 aliphatic carbocycles. The third-order valence-corrected chi connectivity index (χ3v) is 4.20. The first-order valence-corrected chi connectivity index (χ1v) is 6.70. The van der Waals surface area contributed by atoms with Gasteiger partial charge in [0.1, 0.15) is 0 Å². The molecule has 0 aromatic heterocycles. The average molecular weight is 258 g/mol. The third-order valence-electron chi connectivity index (χ3n) is 3.85. The molecule has 0 aliphatic heterocycles. The summed E-state index contributed by atoms with van der Waals surface area (Å²) in [5, 5.41) is 0.779. The maximum atomic E-state index is 6.40. The van der Waals surface area contributed by atoms with E-state index >= 15 is 0 Å². The fourth-order valence-electron chi connectivity index (χ4n) is 2.85. The maximum absolute atomic E-state index is 6.40. The summed E-state index contributed by atoms with van der Waals surface area (Å²) in [7, 11) is 0. The Labute approximate surface area is 113 Å². The molecule has 2 aromatic rings. The van der Waals surface area contributed by atoms with E-state index in [1.54, 1.807) is 0 Å². The molecule has 2 N–H and O–H groups in total. The van der Waals surface area contributed by atoms with E-state index < -0.39 is 0 Å². The highest BCUT2D eigenvalue weighted by atomic mass is 35.5. The van der Waals surface area contributed by atoms with Crippen molar-refractivity contribution >= 4 is 11.6 Å². The van der Waals surface area contributed by atoms with Gasteiger partial charge in [0.15, 0.2) is 0 Å². The van der Waals surface area contributed by atoms with Crippen molar-refractivity contribution < 1.29 is 0 Å². The molecular weight excluding hydrogens is 242 g/mol. The van der Waals surface area contributed by atoms with E-state index in [1.807, 2.05) is 24.3 Å². The second-order valence-electron chi connectivity index (χ2n) is 4.98. The maximum Gasteiger partial charge on any atom is 0.0453 e. The quantitative estimate of drug-likeness (QED) is 0.871. The molecule has 0 bridgehead atoms. The molecule has 2 aromatic carbocycles. The van der Waals surface area contributed by atoms with Crippen molar-refractivity contribution in [3.05, 3.63) is 70.2 Å². The Morgan fingerprint density at radius 2 is 1.50 bits per heavy atom. The van der Waals surface area contributed by atoms with E-state index in [2.05, 4.69) is 24.3 Å². The van der Waals surface area contributed by atoms with Crippen LogP contribution in [0.15, 0.2) is 48.5 Å². The summed E-state index contributed by atoms with van der Waals surface area (Å²) < 4.78 is 0. The van der Waals surface area contributed by atoms with E-state index in [4.69, 9.17) is 17.3 Å². The van der Waals surface area contributed by atoms with E-state index in [-0.39, 0.29) is 6.04 Å². The lowest BCUT2D eigenvalue weighted by Gasteiger charge is -2.20. The number of nitrogens with two attached hydrogens (primary N) is 1. The van der Waals surface area contributed by atoms with Crippen LogP contribution in [0.3, 0.4) is 0 Å². The Hall–Kier alpha value is -1.31. The summed E-state index contributed by atoms with van der Waals surface area (Å²) in [6, 6.07) is 16.5. The van der Waals surface area contributed by atoms with E-state index in [9.17, 15) is 0 Å². The van der Waals surface area contributed by atoms with Crippen molar-refractivity contribution in [1.82, 2.24) is 0 Å². The van der Waals surface area contributed by atoms with E-state index in [0.29, 0.717) is 5.92 Å². The Kier molecular flexibility index (Phi) is 3.11. The summed E-state index contributed by atoms with van der Waals surface area (Å²) >= 11 is 6.23. The zero-order valence-corrected chi connectivity index (χ0v) is 10.9. The van der Waals surface area contributed by atoms with Gasteiger partial charge >= 0.3 is 0 Å². The first kappa shape index (κ1) is 11.8. The summed E-state index contributed by atoms with van der Waals surface area (Å²) in [6.07, 6.45) is 2.12. The van der Waals surface area contributed by atoms with Crippen LogP contribution in [-0.4, -0.2) is 0 Å². The second kappa shape index (κ2) is 4.75. The van der Waals surface area contributed by atoms with Crippen molar-refractivity contribution in [2.75, 3.05) is 0 Å². The van der Waals surface area contributed by atoms with Crippen molar-refractivity contribution in [1.29, 1.82) is 0 Å². The molecule has 1 atom stereocenters. The molecular formula is C16H16ClN. The van der Waals surface area contributed by atoms with Crippen LogP contribution in [0.25, 0.3) is 0 Å². The topological polar surface area (TPSA) is 26.0 Å². The Morgan fingerprint density at radius 1 is 0.944 bits per heavy atom. The Balaban J connectivity index is 1.85. The molecule has 1 nitrogen and oxygen atoms in total.